The predicted octanol–water partition coefficient (Wildman–Crippen LogP) is 4.93. The van der Waals surface area contributed by atoms with Gasteiger partial charge in [0, 0.05) is 41.4 Å². The fraction of sp³-hybridized carbons (Fsp3) is 0.357. The van der Waals surface area contributed by atoms with Crippen LogP contribution in [0.5, 0.6) is 11.5 Å². The van der Waals surface area contributed by atoms with Crippen LogP contribution in [0.25, 0.3) is 0 Å². The number of carbonyl (C=O) groups excluding carboxylic acids is 2. The Bertz CT molecular complexity index is 1310. The topological polar surface area (TPSA) is 117 Å². The molecule has 0 bridgehead atoms. The summed E-state index contributed by atoms with van der Waals surface area (Å²) >= 11 is 0. The second-order valence-electron chi connectivity index (χ2n) is 9.12. The third-order valence-corrected chi connectivity index (χ3v) is 6.78. The van der Waals surface area contributed by atoms with Crippen molar-refractivity contribution in [3.05, 3.63) is 86.2 Å². The van der Waals surface area contributed by atoms with E-state index in [0.717, 1.165) is 5.56 Å². The van der Waals surface area contributed by atoms with Gasteiger partial charge in [0.25, 0.3) is 5.69 Å². The molecule has 0 spiro atoms. The molecule has 0 radical (unpaired) electrons. The maximum absolute atomic E-state index is 13.7. The largest absolute Gasteiger partial charge is 0.493 e. The number of Topliss-reactive ketones (excluding diaryl/α,β-unsaturated/α-hetero) is 1. The maximum atomic E-state index is 13.7. The standard InChI is InChI=1S/C28H30N2O7/c1-5-11-37-28(32)25-16(2)29-21-13-19(17-9-10-23(35-3)24(15-17)36-4)14-22(31)27(21)26(25)18-7-6-8-20(12-18)30(33)34/h6-10,12,15,19,26,29H,5,11,13-14H2,1-4H3/t19-,26-/m1/s1. The van der Waals surface area contributed by atoms with Gasteiger partial charge in [-0.25, -0.2) is 4.79 Å². The lowest BCUT2D eigenvalue weighted by atomic mass is 9.71. The van der Waals surface area contributed by atoms with Gasteiger partial charge in [-0.2, -0.15) is 0 Å². The molecule has 1 heterocycles. The number of carbonyl (C=O) groups is 2. The first-order valence-corrected chi connectivity index (χ1v) is 12.2. The minimum atomic E-state index is -0.764. The molecular formula is C28H30N2O7. The molecule has 1 aliphatic carbocycles. The number of nitro benzene ring substituents is 1. The van der Waals surface area contributed by atoms with Gasteiger partial charge in [-0.15, -0.1) is 0 Å². The Hall–Kier alpha value is -4.14. The van der Waals surface area contributed by atoms with Crippen molar-refractivity contribution in [1.82, 2.24) is 5.32 Å². The van der Waals surface area contributed by atoms with Gasteiger partial charge in [0.1, 0.15) is 0 Å². The molecule has 0 saturated carbocycles. The van der Waals surface area contributed by atoms with E-state index in [0.29, 0.717) is 52.4 Å². The van der Waals surface area contributed by atoms with E-state index in [1.54, 1.807) is 33.3 Å². The molecule has 0 fully saturated rings. The smallest absolute Gasteiger partial charge is 0.336 e. The summed E-state index contributed by atoms with van der Waals surface area (Å²) in [6, 6.07) is 11.7. The van der Waals surface area contributed by atoms with Crippen molar-refractivity contribution in [2.75, 3.05) is 20.8 Å². The lowest BCUT2D eigenvalue weighted by molar-refractivity contribution is -0.384. The summed E-state index contributed by atoms with van der Waals surface area (Å²) in [7, 11) is 3.13. The quantitative estimate of drug-likeness (QED) is 0.304. The Morgan fingerprint density at radius 3 is 2.51 bits per heavy atom. The summed E-state index contributed by atoms with van der Waals surface area (Å²) in [5.41, 5.74) is 3.35. The molecule has 1 N–H and O–H groups in total. The van der Waals surface area contributed by atoms with Crippen LogP contribution < -0.4 is 14.8 Å². The molecule has 0 saturated heterocycles. The highest BCUT2D eigenvalue weighted by Gasteiger charge is 2.41. The molecular weight excluding hydrogens is 476 g/mol. The number of hydrogen-bond donors (Lipinski definition) is 1. The molecule has 2 atom stereocenters. The number of non-ortho nitro benzene ring substituents is 1. The van der Waals surface area contributed by atoms with E-state index in [1.165, 1.54) is 12.1 Å². The summed E-state index contributed by atoms with van der Waals surface area (Å²) in [5.74, 6) is -0.368. The van der Waals surface area contributed by atoms with Gasteiger partial charge in [0.15, 0.2) is 17.3 Å². The number of methoxy groups -OCH3 is 2. The number of benzene rings is 2. The van der Waals surface area contributed by atoms with Crippen LogP contribution in [0.1, 0.15) is 56.1 Å². The van der Waals surface area contributed by atoms with E-state index in [-0.39, 0.29) is 30.4 Å². The average molecular weight is 507 g/mol. The molecule has 2 aromatic carbocycles. The van der Waals surface area contributed by atoms with Crippen LogP contribution in [0.4, 0.5) is 5.69 Å². The fourth-order valence-corrected chi connectivity index (χ4v) is 5.08. The minimum Gasteiger partial charge on any atom is -0.493 e. The third-order valence-electron chi connectivity index (χ3n) is 6.78. The summed E-state index contributed by atoms with van der Waals surface area (Å²) in [5, 5.41) is 14.8. The molecule has 2 aliphatic rings. The van der Waals surface area contributed by atoms with Gasteiger partial charge in [-0.05, 0) is 48.9 Å². The first kappa shape index (κ1) is 25.9. The predicted molar refractivity (Wildman–Crippen MR) is 136 cm³/mol. The summed E-state index contributed by atoms with van der Waals surface area (Å²) in [6.07, 6.45) is 1.39. The highest BCUT2D eigenvalue weighted by atomic mass is 16.6. The Kier molecular flexibility index (Phi) is 7.61. The summed E-state index contributed by atoms with van der Waals surface area (Å²) in [4.78, 5) is 37.9. The zero-order valence-corrected chi connectivity index (χ0v) is 21.3. The number of dihydropyridines is 1. The minimum absolute atomic E-state index is 0.108. The number of hydrogen-bond acceptors (Lipinski definition) is 8. The van der Waals surface area contributed by atoms with Gasteiger partial charge < -0.3 is 19.5 Å². The number of nitro groups is 1. The maximum Gasteiger partial charge on any atom is 0.336 e. The number of nitrogens with zero attached hydrogens (tertiary/aromatic N) is 1. The zero-order valence-electron chi connectivity index (χ0n) is 21.3. The van der Waals surface area contributed by atoms with E-state index in [9.17, 15) is 19.7 Å². The summed E-state index contributed by atoms with van der Waals surface area (Å²) in [6.45, 7) is 3.89. The van der Waals surface area contributed by atoms with Crippen molar-refractivity contribution >= 4 is 17.4 Å². The van der Waals surface area contributed by atoms with Crippen molar-refractivity contribution in [2.45, 2.75) is 44.9 Å². The molecule has 0 amide bonds. The summed E-state index contributed by atoms with van der Waals surface area (Å²) < 4.78 is 16.2. The number of ether oxygens (including phenoxy) is 3. The van der Waals surface area contributed by atoms with Gasteiger partial charge in [-0.1, -0.05) is 25.1 Å². The number of ketones is 1. The monoisotopic (exact) mass is 506 g/mol. The Balaban J connectivity index is 1.79. The third kappa shape index (κ3) is 5.07. The average Bonchev–Trinajstić information content (AvgIpc) is 2.90. The van der Waals surface area contributed by atoms with Crippen LogP contribution in [0.3, 0.4) is 0 Å². The van der Waals surface area contributed by atoms with Crippen LogP contribution in [-0.4, -0.2) is 37.5 Å². The van der Waals surface area contributed by atoms with Gasteiger partial charge in [-0.3, -0.25) is 14.9 Å². The lowest BCUT2D eigenvalue weighted by Gasteiger charge is -2.36. The van der Waals surface area contributed by atoms with Crippen molar-refractivity contribution in [3.8, 4) is 11.5 Å². The van der Waals surface area contributed by atoms with E-state index in [2.05, 4.69) is 5.32 Å². The molecule has 4 rings (SSSR count). The Morgan fingerprint density at radius 1 is 1.08 bits per heavy atom. The normalized spacial score (nSPS) is 19.2. The van der Waals surface area contributed by atoms with Crippen molar-refractivity contribution < 1.29 is 28.7 Å². The number of esters is 1. The van der Waals surface area contributed by atoms with Gasteiger partial charge in [0.05, 0.1) is 31.3 Å². The molecule has 0 unspecified atom stereocenters. The molecule has 1 aliphatic heterocycles. The van der Waals surface area contributed by atoms with Crippen molar-refractivity contribution in [3.63, 3.8) is 0 Å². The second kappa shape index (κ2) is 10.9. The highest BCUT2D eigenvalue weighted by molar-refractivity contribution is 6.04. The lowest BCUT2D eigenvalue weighted by Crippen LogP contribution is -2.36. The number of nitrogens with one attached hydrogen (secondary N) is 1. The SMILES string of the molecule is CCCOC(=O)C1=C(C)NC2=C(C(=O)C[C@H](c3ccc(OC)c(OC)c3)C2)[C@@H]1c1cccc([N+](=O)[O-])c1. The van der Waals surface area contributed by atoms with E-state index >= 15 is 0 Å². The van der Waals surface area contributed by atoms with E-state index in [4.69, 9.17) is 14.2 Å². The Labute approximate surface area is 215 Å². The van der Waals surface area contributed by atoms with Gasteiger partial charge in [0.2, 0.25) is 0 Å². The zero-order chi connectivity index (χ0) is 26.7. The van der Waals surface area contributed by atoms with E-state index in [1.807, 2.05) is 25.1 Å². The number of rotatable bonds is 8. The van der Waals surface area contributed by atoms with Crippen LogP contribution in [0.2, 0.25) is 0 Å². The Morgan fingerprint density at radius 2 is 1.84 bits per heavy atom. The van der Waals surface area contributed by atoms with E-state index < -0.39 is 16.8 Å². The first-order chi connectivity index (χ1) is 17.8. The van der Waals surface area contributed by atoms with Crippen LogP contribution >= 0.6 is 0 Å². The van der Waals surface area contributed by atoms with Crippen LogP contribution in [-0.2, 0) is 14.3 Å². The van der Waals surface area contributed by atoms with Gasteiger partial charge >= 0.3 is 5.97 Å². The first-order valence-electron chi connectivity index (χ1n) is 12.2. The molecule has 9 heteroatoms. The molecule has 2 aromatic rings. The van der Waals surface area contributed by atoms with Crippen LogP contribution in [0.15, 0.2) is 65.0 Å². The molecule has 194 valence electrons. The number of allylic oxidation sites excluding steroid dienone is 3. The molecule has 9 nitrogen and oxygen atoms in total. The second-order valence-corrected chi connectivity index (χ2v) is 9.12. The van der Waals surface area contributed by atoms with Crippen LogP contribution in [0, 0.1) is 10.1 Å². The van der Waals surface area contributed by atoms with Crippen molar-refractivity contribution in [1.29, 1.82) is 0 Å². The van der Waals surface area contributed by atoms with Crippen molar-refractivity contribution in [2.24, 2.45) is 0 Å². The highest BCUT2D eigenvalue weighted by Crippen LogP contribution is 2.46. The fourth-order valence-electron chi connectivity index (χ4n) is 5.08. The molecule has 37 heavy (non-hydrogen) atoms. The molecule has 0 aromatic heterocycles.